The summed E-state index contributed by atoms with van der Waals surface area (Å²) in [5.74, 6) is 0.773. The van der Waals surface area contributed by atoms with E-state index in [0.717, 1.165) is 10.5 Å². The van der Waals surface area contributed by atoms with Gasteiger partial charge in [-0.1, -0.05) is 36.4 Å². The number of amides is 2. The van der Waals surface area contributed by atoms with Gasteiger partial charge in [-0.25, -0.2) is 0 Å². The molecule has 2 amide bonds. The second kappa shape index (κ2) is 11.8. The topological polar surface area (TPSA) is 76.7 Å². The molecule has 0 aliphatic carbocycles. The van der Waals surface area contributed by atoms with E-state index in [9.17, 15) is 9.59 Å². The summed E-state index contributed by atoms with van der Waals surface area (Å²) in [6.45, 7) is 1.82. The number of rotatable bonds is 9. The number of ether oxygens (including phenoxy) is 2. The number of methoxy groups -OCH3 is 2. The minimum Gasteiger partial charge on any atom is -0.497 e. The van der Waals surface area contributed by atoms with Crippen LogP contribution >= 0.6 is 11.8 Å². The van der Waals surface area contributed by atoms with Crippen LogP contribution in [0.15, 0.2) is 83.8 Å². The van der Waals surface area contributed by atoms with Crippen LogP contribution < -0.4 is 20.1 Å². The van der Waals surface area contributed by atoms with Gasteiger partial charge < -0.3 is 20.1 Å². The zero-order valence-corrected chi connectivity index (χ0v) is 19.5. The molecule has 3 aromatic rings. The van der Waals surface area contributed by atoms with Crippen LogP contribution in [0, 0.1) is 0 Å². The molecule has 0 saturated heterocycles. The van der Waals surface area contributed by atoms with Gasteiger partial charge in [0.25, 0.3) is 0 Å². The largest absolute Gasteiger partial charge is 0.497 e. The second-order valence-corrected chi connectivity index (χ2v) is 8.49. The van der Waals surface area contributed by atoms with Crippen molar-refractivity contribution >= 4 is 41.0 Å². The molecule has 0 heterocycles. The molecule has 0 aliphatic heterocycles. The third kappa shape index (κ3) is 7.15. The molecule has 6 nitrogen and oxygen atoms in total. The van der Waals surface area contributed by atoms with Crippen molar-refractivity contribution in [2.75, 3.05) is 24.9 Å². The number of hydrogen-bond donors (Lipinski definition) is 2. The fourth-order valence-electron chi connectivity index (χ4n) is 2.97. The first-order chi connectivity index (χ1) is 16.0. The molecule has 170 valence electrons. The third-order valence-corrected chi connectivity index (χ3v) is 5.77. The highest BCUT2D eigenvalue weighted by atomic mass is 32.2. The number of benzene rings is 3. The second-order valence-electron chi connectivity index (χ2n) is 7.08. The standard InChI is InChI=1S/C26H26N2O4S/c1-18(26(30)28-23-17-21(31-2)13-14-24(23)32-3)33-22-11-7-10-20(16-22)27-25(29)15-12-19-8-5-4-6-9-19/h4-18H,1-3H3,(H,27,29)(H,28,30)/b15-12+. The highest BCUT2D eigenvalue weighted by Gasteiger charge is 2.17. The average Bonchev–Trinajstić information content (AvgIpc) is 2.83. The number of carbonyl (C=O) groups excluding carboxylic acids is 2. The van der Waals surface area contributed by atoms with E-state index < -0.39 is 0 Å². The minimum atomic E-state index is -0.384. The molecule has 3 rings (SSSR count). The molecule has 0 aliphatic rings. The molecule has 0 bridgehead atoms. The van der Waals surface area contributed by atoms with Gasteiger partial charge in [-0.2, -0.15) is 0 Å². The molecule has 33 heavy (non-hydrogen) atoms. The highest BCUT2D eigenvalue weighted by Crippen LogP contribution is 2.31. The van der Waals surface area contributed by atoms with Crippen LogP contribution in [0.4, 0.5) is 11.4 Å². The van der Waals surface area contributed by atoms with Crippen LogP contribution in [0.25, 0.3) is 6.08 Å². The van der Waals surface area contributed by atoms with Crippen LogP contribution in [0.5, 0.6) is 11.5 Å². The Bertz CT molecular complexity index is 1130. The molecule has 0 radical (unpaired) electrons. The summed E-state index contributed by atoms with van der Waals surface area (Å²) in [7, 11) is 3.11. The van der Waals surface area contributed by atoms with Gasteiger partial charge in [0, 0.05) is 22.7 Å². The van der Waals surface area contributed by atoms with Crippen molar-refractivity contribution in [1.29, 1.82) is 0 Å². The number of hydrogen-bond acceptors (Lipinski definition) is 5. The molecule has 0 fully saturated rings. The van der Waals surface area contributed by atoms with Gasteiger partial charge in [0.15, 0.2) is 0 Å². The highest BCUT2D eigenvalue weighted by molar-refractivity contribution is 8.00. The van der Waals surface area contributed by atoms with E-state index in [1.165, 1.54) is 17.8 Å². The lowest BCUT2D eigenvalue weighted by atomic mass is 10.2. The summed E-state index contributed by atoms with van der Waals surface area (Å²) < 4.78 is 10.5. The summed E-state index contributed by atoms with van der Waals surface area (Å²) in [6, 6.07) is 22.2. The lowest BCUT2D eigenvalue weighted by Crippen LogP contribution is -2.22. The molecule has 0 spiro atoms. The maximum Gasteiger partial charge on any atom is 0.248 e. The smallest absolute Gasteiger partial charge is 0.248 e. The zero-order chi connectivity index (χ0) is 23.6. The summed E-state index contributed by atoms with van der Waals surface area (Å²) in [5.41, 5.74) is 2.15. The van der Waals surface area contributed by atoms with E-state index in [1.54, 1.807) is 38.5 Å². The first kappa shape index (κ1) is 23.9. The molecular formula is C26H26N2O4S. The van der Waals surface area contributed by atoms with Crippen molar-refractivity contribution in [3.05, 3.63) is 84.4 Å². The van der Waals surface area contributed by atoms with E-state index in [4.69, 9.17) is 9.47 Å². The first-order valence-electron chi connectivity index (χ1n) is 10.3. The Morgan fingerprint density at radius 2 is 1.70 bits per heavy atom. The van der Waals surface area contributed by atoms with E-state index in [0.29, 0.717) is 22.9 Å². The quantitative estimate of drug-likeness (QED) is 0.326. The van der Waals surface area contributed by atoms with Crippen LogP contribution in [0.2, 0.25) is 0 Å². The van der Waals surface area contributed by atoms with Gasteiger partial charge >= 0.3 is 0 Å². The minimum absolute atomic E-state index is 0.174. The van der Waals surface area contributed by atoms with Crippen molar-refractivity contribution < 1.29 is 19.1 Å². The summed E-state index contributed by atoms with van der Waals surface area (Å²) >= 11 is 1.39. The van der Waals surface area contributed by atoms with Crippen molar-refractivity contribution in [3.63, 3.8) is 0 Å². The van der Waals surface area contributed by atoms with Crippen LogP contribution in [-0.4, -0.2) is 31.3 Å². The summed E-state index contributed by atoms with van der Waals surface area (Å²) in [6.07, 6.45) is 3.25. The lowest BCUT2D eigenvalue weighted by molar-refractivity contribution is -0.115. The molecule has 1 unspecified atom stereocenters. The Balaban J connectivity index is 1.61. The van der Waals surface area contributed by atoms with Gasteiger partial charge in [0.1, 0.15) is 11.5 Å². The van der Waals surface area contributed by atoms with Gasteiger partial charge in [-0.15, -0.1) is 11.8 Å². The molecule has 7 heteroatoms. The van der Waals surface area contributed by atoms with E-state index in [1.807, 2.05) is 61.5 Å². The van der Waals surface area contributed by atoms with Crippen molar-refractivity contribution in [2.24, 2.45) is 0 Å². The Labute approximate surface area is 198 Å². The predicted molar refractivity (Wildman–Crippen MR) is 134 cm³/mol. The SMILES string of the molecule is COc1ccc(OC)c(NC(=O)C(C)Sc2cccc(NC(=O)/C=C/c3ccccc3)c2)c1. The number of anilines is 2. The maximum absolute atomic E-state index is 12.8. The monoisotopic (exact) mass is 462 g/mol. The summed E-state index contributed by atoms with van der Waals surface area (Å²) in [4.78, 5) is 25.9. The van der Waals surface area contributed by atoms with Gasteiger partial charge in [0.2, 0.25) is 11.8 Å². The summed E-state index contributed by atoms with van der Waals surface area (Å²) in [5, 5.41) is 5.36. The van der Waals surface area contributed by atoms with E-state index in [2.05, 4.69) is 10.6 Å². The van der Waals surface area contributed by atoms with Crippen LogP contribution in [-0.2, 0) is 9.59 Å². The number of nitrogens with one attached hydrogen (secondary N) is 2. The number of thioether (sulfide) groups is 1. The molecule has 2 N–H and O–H groups in total. The van der Waals surface area contributed by atoms with Crippen molar-refractivity contribution in [1.82, 2.24) is 0 Å². The Hall–Kier alpha value is -3.71. The van der Waals surface area contributed by atoms with Gasteiger partial charge in [0.05, 0.1) is 25.2 Å². The van der Waals surface area contributed by atoms with Crippen molar-refractivity contribution in [2.45, 2.75) is 17.1 Å². The molecular weight excluding hydrogens is 436 g/mol. The zero-order valence-electron chi connectivity index (χ0n) is 18.7. The lowest BCUT2D eigenvalue weighted by Gasteiger charge is -2.15. The number of carbonyl (C=O) groups is 2. The molecule has 1 atom stereocenters. The van der Waals surface area contributed by atoms with E-state index >= 15 is 0 Å². The van der Waals surface area contributed by atoms with E-state index in [-0.39, 0.29) is 17.1 Å². The van der Waals surface area contributed by atoms with Gasteiger partial charge in [-0.3, -0.25) is 9.59 Å². The molecule has 0 aromatic heterocycles. The average molecular weight is 463 g/mol. The first-order valence-corrected chi connectivity index (χ1v) is 11.2. The normalized spacial score (nSPS) is 11.6. The van der Waals surface area contributed by atoms with Crippen LogP contribution in [0.1, 0.15) is 12.5 Å². The fourth-order valence-corrected chi connectivity index (χ4v) is 3.90. The molecule has 0 saturated carbocycles. The third-order valence-electron chi connectivity index (χ3n) is 4.67. The fraction of sp³-hybridized carbons (Fsp3) is 0.154. The molecule has 3 aromatic carbocycles. The van der Waals surface area contributed by atoms with Crippen molar-refractivity contribution in [3.8, 4) is 11.5 Å². The van der Waals surface area contributed by atoms with Crippen LogP contribution in [0.3, 0.4) is 0 Å². The Morgan fingerprint density at radius 3 is 2.42 bits per heavy atom. The Kier molecular flexibility index (Phi) is 8.55. The predicted octanol–water partition coefficient (Wildman–Crippen LogP) is 5.48. The van der Waals surface area contributed by atoms with Gasteiger partial charge in [-0.05, 0) is 48.9 Å². The Morgan fingerprint density at radius 1 is 0.909 bits per heavy atom. The maximum atomic E-state index is 12.8.